The molecule has 1 spiro atoms. The van der Waals surface area contributed by atoms with Crippen LogP contribution in [0.1, 0.15) is 28.9 Å². The number of rotatable bonds is 6. The Bertz CT molecular complexity index is 1180. The fourth-order valence-corrected chi connectivity index (χ4v) is 4.69. The summed E-state index contributed by atoms with van der Waals surface area (Å²) >= 11 is 7.29. The van der Waals surface area contributed by atoms with Gasteiger partial charge in [0.25, 0.3) is 11.1 Å². The van der Waals surface area contributed by atoms with Gasteiger partial charge in [-0.15, -0.1) is 5.10 Å². The number of halogens is 1. The lowest BCUT2D eigenvalue weighted by atomic mass is 9.64. The van der Waals surface area contributed by atoms with E-state index < -0.39 is 0 Å². The summed E-state index contributed by atoms with van der Waals surface area (Å²) in [5.74, 6) is 0.118. The van der Waals surface area contributed by atoms with Gasteiger partial charge in [-0.05, 0) is 43.2 Å². The van der Waals surface area contributed by atoms with E-state index in [0.717, 1.165) is 31.7 Å². The molecule has 0 bridgehead atoms. The van der Waals surface area contributed by atoms with Crippen LogP contribution in [0, 0.1) is 12.3 Å². The Morgan fingerprint density at radius 2 is 2.09 bits per heavy atom. The Morgan fingerprint density at radius 1 is 1.25 bits per heavy atom. The summed E-state index contributed by atoms with van der Waals surface area (Å²) < 4.78 is 16.7. The first-order valence-corrected chi connectivity index (χ1v) is 11.2. The minimum atomic E-state index is -0.377. The largest absolute Gasteiger partial charge is 0.494 e. The van der Waals surface area contributed by atoms with Gasteiger partial charge in [0, 0.05) is 23.0 Å². The first kappa shape index (κ1) is 21.0. The molecule has 2 fully saturated rings. The summed E-state index contributed by atoms with van der Waals surface area (Å²) in [6.45, 7) is 3.30. The lowest BCUT2D eigenvalue weighted by molar-refractivity contribution is -0.213. The highest BCUT2D eigenvalue weighted by Crippen LogP contribution is 2.49. The standard InChI is InChI=1S/C21H20ClN5O4S/c1-11-5-12(13-6-17(22)24-8-15(13)29-2)14(7-23-11)18(28)25-19-26-27-20(32-19)31-16-3-4-21(16)9-30-10-21/h5-8,16H,3-4,9-10H2,1-2H3,(H,25,26,28)/t16-/m1/s1. The van der Waals surface area contributed by atoms with Gasteiger partial charge >= 0.3 is 0 Å². The molecule has 11 heteroatoms. The molecule has 1 aliphatic heterocycles. The number of methoxy groups -OCH3 is 1. The van der Waals surface area contributed by atoms with E-state index in [1.807, 2.05) is 6.92 Å². The summed E-state index contributed by atoms with van der Waals surface area (Å²) in [6, 6.07) is 3.45. The van der Waals surface area contributed by atoms with Crippen molar-refractivity contribution >= 4 is 34.0 Å². The topological polar surface area (TPSA) is 108 Å². The highest BCUT2D eigenvalue weighted by atomic mass is 35.5. The van der Waals surface area contributed by atoms with E-state index in [-0.39, 0.29) is 22.6 Å². The van der Waals surface area contributed by atoms with Gasteiger partial charge in [-0.2, -0.15) is 0 Å². The zero-order valence-electron chi connectivity index (χ0n) is 17.4. The second-order valence-electron chi connectivity index (χ2n) is 7.91. The van der Waals surface area contributed by atoms with E-state index in [1.165, 1.54) is 30.8 Å². The molecule has 166 valence electrons. The fraction of sp³-hybridized carbons (Fsp3) is 0.381. The SMILES string of the molecule is COc1cnc(Cl)cc1-c1cc(C)ncc1C(=O)Nc1nnc(O[C@@H]2CCC23COC3)s1. The zero-order chi connectivity index (χ0) is 22.3. The molecule has 0 aromatic carbocycles. The first-order valence-electron chi connectivity index (χ1n) is 10.0. The number of amides is 1. The van der Waals surface area contributed by atoms with Gasteiger partial charge in [-0.3, -0.25) is 15.1 Å². The number of ether oxygens (including phenoxy) is 3. The second-order valence-corrected chi connectivity index (χ2v) is 9.23. The Balaban J connectivity index is 1.37. The van der Waals surface area contributed by atoms with Crippen LogP contribution >= 0.6 is 22.9 Å². The molecule has 0 unspecified atom stereocenters. The summed E-state index contributed by atoms with van der Waals surface area (Å²) in [4.78, 5) is 21.4. The molecule has 1 saturated carbocycles. The number of nitrogens with zero attached hydrogens (tertiary/aromatic N) is 4. The maximum absolute atomic E-state index is 13.1. The predicted octanol–water partition coefficient (Wildman–Crippen LogP) is 3.78. The van der Waals surface area contributed by atoms with Gasteiger partial charge in [0.1, 0.15) is 17.0 Å². The van der Waals surface area contributed by atoms with Crippen molar-refractivity contribution in [1.82, 2.24) is 20.2 Å². The molecule has 1 amide bonds. The Kier molecular flexibility index (Phi) is 5.44. The van der Waals surface area contributed by atoms with Crippen LogP contribution in [0.15, 0.2) is 24.5 Å². The zero-order valence-corrected chi connectivity index (χ0v) is 19.0. The number of hydrogen-bond donors (Lipinski definition) is 1. The number of nitrogens with one attached hydrogen (secondary N) is 1. The molecule has 1 aliphatic carbocycles. The molecular formula is C21H20ClN5O4S. The lowest BCUT2D eigenvalue weighted by Gasteiger charge is -2.53. The molecular weight excluding hydrogens is 454 g/mol. The van der Waals surface area contributed by atoms with E-state index in [9.17, 15) is 4.79 Å². The molecule has 4 heterocycles. The quantitative estimate of drug-likeness (QED) is 0.539. The van der Waals surface area contributed by atoms with Gasteiger partial charge in [0.05, 0.1) is 37.5 Å². The minimum absolute atomic E-state index is 0.0876. The average Bonchev–Trinajstić information content (AvgIpc) is 3.17. The molecule has 5 rings (SSSR count). The molecule has 0 radical (unpaired) electrons. The van der Waals surface area contributed by atoms with E-state index in [4.69, 9.17) is 25.8 Å². The number of carbonyl (C=O) groups excluding carboxylic acids is 1. The molecule has 3 aromatic heterocycles. The van der Waals surface area contributed by atoms with E-state index in [2.05, 4.69) is 25.5 Å². The molecule has 9 nitrogen and oxygen atoms in total. The van der Waals surface area contributed by atoms with Crippen LogP contribution in [0.2, 0.25) is 5.15 Å². The normalized spacial score (nSPS) is 18.5. The Hall–Kier alpha value is -2.82. The van der Waals surface area contributed by atoms with Crippen molar-refractivity contribution in [3.8, 4) is 22.1 Å². The van der Waals surface area contributed by atoms with Gasteiger partial charge in [0.15, 0.2) is 0 Å². The van der Waals surface area contributed by atoms with Gasteiger partial charge in [-0.25, -0.2) is 4.98 Å². The van der Waals surface area contributed by atoms with Crippen LogP contribution in [0.5, 0.6) is 10.9 Å². The molecule has 3 aromatic rings. The monoisotopic (exact) mass is 473 g/mol. The van der Waals surface area contributed by atoms with E-state index in [0.29, 0.717) is 32.8 Å². The third-order valence-corrected chi connectivity index (χ3v) is 6.80. The fourth-order valence-electron chi connectivity index (χ4n) is 3.90. The first-order chi connectivity index (χ1) is 15.5. The number of anilines is 1. The number of pyridine rings is 2. The smallest absolute Gasteiger partial charge is 0.296 e. The van der Waals surface area contributed by atoms with E-state index >= 15 is 0 Å². The average molecular weight is 474 g/mol. The Labute approximate surface area is 193 Å². The molecule has 2 aliphatic rings. The van der Waals surface area contributed by atoms with Crippen LogP contribution in [0.4, 0.5) is 5.13 Å². The third kappa shape index (κ3) is 3.78. The summed E-state index contributed by atoms with van der Waals surface area (Å²) in [5.41, 5.74) is 2.48. The molecule has 1 saturated heterocycles. The van der Waals surface area contributed by atoms with Crippen LogP contribution in [-0.4, -0.2) is 52.5 Å². The second kappa shape index (κ2) is 8.27. The van der Waals surface area contributed by atoms with Crippen molar-refractivity contribution in [2.45, 2.75) is 25.9 Å². The number of carbonyl (C=O) groups is 1. The number of aromatic nitrogens is 4. The van der Waals surface area contributed by atoms with Crippen molar-refractivity contribution in [3.63, 3.8) is 0 Å². The highest BCUT2D eigenvalue weighted by molar-refractivity contribution is 7.17. The predicted molar refractivity (Wildman–Crippen MR) is 119 cm³/mol. The van der Waals surface area contributed by atoms with Crippen LogP contribution in [0.25, 0.3) is 11.1 Å². The maximum Gasteiger partial charge on any atom is 0.296 e. The van der Waals surface area contributed by atoms with Gasteiger partial charge in [-0.1, -0.05) is 16.7 Å². The van der Waals surface area contributed by atoms with Gasteiger partial charge < -0.3 is 14.2 Å². The molecule has 1 atom stereocenters. The summed E-state index contributed by atoms with van der Waals surface area (Å²) in [6.07, 6.45) is 5.19. The number of hydrogen-bond acceptors (Lipinski definition) is 9. The Morgan fingerprint density at radius 3 is 2.78 bits per heavy atom. The molecule has 1 N–H and O–H groups in total. The van der Waals surface area contributed by atoms with E-state index in [1.54, 1.807) is 12.1 Å². The highest BCUT2D eigenvalue weighted by Gasteiger charge is 2.54. The van der Waals surface area contributed by atoms with Crippen LogP contribution in [0.3, 0.4) is 0 Å². The van der Waals surface area contributed by atoms with Crippen molar-refractivity contribution in [2.24, 2.45) is 5.41 Å². The van der Waals surface area contributed by atoms with Crippen molar-refractivity contribution in [3.05, 3.63) is 40.9 Å². The summed E-state index contributed by atoms with van der Waals surface area (Å²) in [5, 5.41) is 12.0. The summed E-state index contributed by atoms with van der Waals surface area (Å²) in [7, 11) is 1.53. The third-order valence-electron chi connectivity index (χ3n) is 5.87. The van der Waals surface area contributed by atoms with Crippen LogP contribution in [-0.2, 0) is 4.74 Å². The van der Waals surface area contributed by atoms with Crippen molar-refractivity contribution in [2.75, 3.05) is 25.6 Å². The number of aryl methyl sites for hydroxylation is 1. The minimum Gasteiger partial charge on any atom is -0.494 e. The van der Waals surface area contributed by atoms with Crippen molar-refractivity contribution < 1.29 is 19.0 Å². The molecule has 32 heavy (non-hydrogen) atoms. The van der Waals surface area contributed by atoms with Crippen molar-refractivity contribution in [1.29, 1.82) is 0 Å². The van der Waals surface area contributed by atoms with Crippen LogP contribution < -0.4 is 14.8 Å². The lowest BCUT2D eigenvalue weighted by Crippen LogP contribution is -2.60. The van der Waals surface area contributed by atoms with Gasteiger partial charge in [0.2, 0.25) is 5.13 Å². The maximum atomic E-state index is 13.1.